The molecule has 0 aromatic heterocycles. The number of hydrogen-bond donors (Lipinski definition) is 0. The van der Waals surface area contributed by atoms with E-state index in [2.05, 4.69) is 6.92 Å². The summed E-state index contributed by atoms with van der Waals surface area (Å²) in [6, 6.07) is 0. The molecule has 0 aliphatic heterocycles. The van der Waals surface area contributed by atoms with Crippen LogP contribution in [0.3, 0.4) is 0 Å². The van der Waals surface area contributed by atoms with E-state index < -0.39 is 0 Å². The lowest BCUT2D eigenvalue weighted by Gasteiger charge is -2.23. The fraction of sp³-hybridized carbons (Fsp3) is 0.800. The Labute approximate surface area is 68.5 Å². The van der Waals surface area contributed by atoms with Gasteiger partial charge in [0.15, 0.2) is 0 Å². The second kappa shape index (κ2) is 3.89. The average molecular weight is 156 g/mol. The first kappa shape index (κ1) is 8.76. The van der Waals surface area contributed by atoms with Crippen LogP contribution in [0.15, 0.2) is 11.9 Å². The van der Waals surface area contributed by atoms with Gasteiger partial charge < -0.3 is 0 Å². The van der Waals surface area contributed by atoms with E-state index in [9.17, 15) is 4.39 Å². The zero-order chi connectivity index (χ0) is 8.27. The first-order valence-electron chi connectivity index (χ1n) is 4.52. The highest BCUT2D eigenvalue weighted by molar-refractivity contribution is 4.93. The zero-order valence-electron chi connectivity index (χ0n) is 7.44. The maximum atomic E-state index is 12.4. The maximum Gasteiger partial charge on any atom is 0.0931 e. The van der Waals surface area contributed by atoms with E-state index in [-0.39, 0.29) is 5.83 Å². The summed E-state index contributed by atoms with van der Waals surface area (Å²) in [7, 11) is 0. The number of hydrogen-bond acceptors (Lipinski definition) is 0. The van der Waals surface area contributed by atoms with Crippen molar-refractivity contribution in [1.82, 2.24) is 0 Å². The molecule has 0 radical (unpaired) electrons. The minimum atomic E-state index is -0.00967. The van der Waals surface area contributed by atoms with Gasteiger partial charge in [-0.3, -0.25) is 0 Å². The predicted molar refractivity (Wildman–Crippen MR) is 46.0 cm³/mol. The van der Waals surface area contributed by atoms with Gasteiger partial charge in [-0.1, -0.05) is 25.8 Å². The molecule has 0 unspecified atom stereocenters. The van der Waals surface area contributed by atoms with Crippen molar-refractivity contribution >= 4 is 0 Å². The molecule has 0 aromatic rings. The third-order valence-electron chi connectivity index (χ3n) is 2.53. The molecule has 0 N–H and O–H groups in total. The second-order valence-corrected chi connectivity index (χ2v) is 3.77. The molecule has 64 valence electrons. The molecule has 1 fully saturated rings. The highest BCUT2D eigenvalue weighted by atomic mass is 19.1. The first-order valence-corrected chi connectivity index (χ1v) is 4.52. The standard InChI is InChI=1S/C10H17F/c1-8-3-5-10(6-4-8)7-9(2)11/h7-8,10H,3-6H2,1-2H3/b9-7+. The quantitative estimate of drug-likeness (QED) is 0.543. The minimum absolute atomic E-state index is 0.00967. The summed E-state index contributed by atoms with van der Waals surface area (Å²) in [5.41, 5.74) is 0. The fourth-order valence-electron chi connectivity index (χ4n) is 1.78. The summed E-state index contributed by atoms with van der Waals surface area (Å²) in [6.07, 6.45) is 6.69. The Kier molecular flexibility index (Phi) is 3.10. The van der Waals surface area contributed by atoms with Gasteiger partial charge in [0.1, 0.15) is 0 Å². The third-order valence-corrected chi connectivity index (χ3v) is 2.53. The highest BCUT2D eigenvalue weighted by Crippen LogP contribution is 2.29. The Balaban J connectivity index is 2.34. The third kappa shape index (κ3) is 3.04. The zero-order valence-corrected chi connectivity index (χ0v) is 7.44. The van der Waals surface area contributed by atoms with Crippen LogP contribution in [0.5, 0.6) is 0 Å². The van der Waals surface area contributed by atoms with E-state index in [4.69, 9.17) is 0 Å². The van der Waals surface area contributed by atoms with Crippen LogP contribution in [-0.2, 0) is 0 Å². The van der Waals surface area contributed by atoms with E-state index >= 15 is 0 Å². The lowest BCUT2D eigenvalue weighted by molar-refractivity contribution is 0.327. The Bertz CT molecular complexity index is 137. The van der Waals surface area contributed by atoms with Gasteiger partial charge in [-0.15, -0.1) is 0 Å². The molecule has 1 rings (SSSR count). The average Bonchev–Trinajstić information content (AvgIpc) is 1.93. The number of halogens is 1. The van der Waals surface area contributed by atoms with E-state index in [0.717, 1.165) is 5.92 Å². The van der Waals surface area contributed by atoms with Crippen LogP contribution >= 0.6 is 0 Å². The summed E-state index contributed by atoms with van der Waals surface area (Å²) in [6.45, 7) is 3.82. The summed E-state index contributed by atoms with van der Waals surface area (Å²) in [5, 5.41) is 0. The van der Waals surface area contributed by atoms with Crippen molar-refractivity contribution in [3.63, 3.8) is 0 Å². The second-order valence-electron chi connectivity index (χ2n) is 3.77. The Morgan fingerprint density at radius 2 is 1.82 bits per heavy atom. The summed E-state index contributed by atoms with van der Waals surface area (Å²) >= 11 is 0. The molecule has 0 aromatic carbocycles. The van der Waals surface area contributed by atoms with Crippen LogP contribution in [0.2, 0.25) is 0 Å². The van der Waals surface area contributed by atoms with E-state index in [1.807, 2.05) is 0 Å². The van der Waals surface area contributed by atoms with Gasteiger partial charge in [0.05, 0.1) is 5.83 Å². The lowest BCUT2D eigenvalue weighted by atomic mass is 9.83. The molecule has 11 heavy (non-hydrogen) atoms. The predicted octanol–water partition coefficient (Wildman–Crippen LogP) is 3.69. The first-order chi connectivity index (χ1) is 5.18. The van der Waals surface area contributed by atoms with Crippen LogP contribution in [0.1, 0.15) is 39.5 Å². The Morgan fingerprint density at radius 1 is 1.27 bits per heavy atom. The molecule has 1 aliphatic rings. The molecule has 0 saturated heterocycles. The molecular formula is C10H17F. The van der Waals surface area contributed by atoms with Crippen molar-refractivity contribution in [2.75, 3.05) is 0 Å². The summed E-state index contributed by atoms with van der Waals surface area (Å²) in [4.78, 5) is 0. The monoisotopic (exact) mass is 156 g/mol. The molecular weight excluding hydrogens is 139 g/mol. The van der Waals surface area contributed by atoms with E-state index in [1.54, 1.807) is 6.08 Å². The molecule has 0 atom stereocenters. The smallest absolute Gasteiger partial charge is 0.0931 e. The van der Waals surface area contributed by atoms with Crippen LogP contribution < -0.4 is 0 Å². The lowest BCUT2D eigenvalue weighted by Crippen LogP contribution is -2.10. The minimum Gasteiger partial charge on any atom is -0.212 e. The molecule has 0 heterocycles. The van der Waals surface area contributed by atoms with Gasteiger partial charge in [-0.05, 0) is 31.6 Å². The van der Waals surface area contributed by atoms with Gasteiger partial charge in [-0.25, -0.2) is 4.39 Å². The van der Waals surface area contributed by atoms with Gasteiger partial charge in [0, 0.05) is 0 Å². The molecule has 0 amide bonds. The number of allylic oxidation sites excluding steroid dienone is 2. The molecule has 0 bridgehead atoms. The maximum absolute atomic E-state index is 12.4. The summed E-state index contributed by atoms with van der Waals surface area (Å²) in [5.74, 6) is 1.38. The molecule has 0 nitrogen and oxygen atoms in total. The Hall–Kier alpha value is -0.330. The topological polar surface area (TPSA) is 0 Å². The van der Waals surface area contributed by atoms with E-state index in [1.165, 1.54) is 32.6 Å². The Morgan fingerprint density at radius 3 is 2.27 bits per heavy atom. The largest absolute Gasteiger partial charge is 0.212 e. The van der Waals surface area contributed by atoms with Gasteiger partial charge in [-0.2, -0.15) is 0 Å². The van der Waals surface area contributed by atoms with Crippen LogP contribution in [0.25, 0.3) is 0 Å². The SMILES string of the molecule is C/C(F)=C\C1CCC(C)CC1. The van der Waals surface area contributed by atoms with Gasteiger partial charge in [0.25, 0.3) is 0 Å². The van der Waals surface area contributed by atoms with Crippen molar-refractivity contribution in [3.8, 4) is 0 Å². The normalized spacial score (nSPS) is 33.9. The molecule has 1 heteroatoms. The van der Waals surface area contributed by atoms with Gasteiger partial charge in [0.2, 0.25) is 0 Å². The molecule has 1 saturated carbocycles. The number of rotatable bonds is 1. The van der Waals surface area contributed by atoms with Gasteiger partial charge >= 0.3 is 0 Å². The highest BCUT2D eigenvalue weighted by Gasteiger charge is 2.16. The molecule has 1 aliphatic carbocycles. The van der Waals surface area contributed by atoms with Crippen molar-refractivity contribution in [2.24, 2.45) is 11.8 Å². The molecule has 0 spiro atoms. The van der Waals surface area contributed by atoms with Crippen molar-refractivity contribution in [3.05, 3.63) is 11.9 Å². The summed E-state index contributed by atoms with van der Waals surface area (Å²) < 4.78 is 12.4. The van der Waals surface area contributed by atoms with Crippen molar-refractivity contribution in [2.45, 2.75) is 39.5 Å². The fourth-order valence-corrected chi connectivity index (χ4v) is 1.78. The van der Waals surface area contributed by atoms with E-state index in [0.29, 0.717) is 5.92 Å². The van der Waals surface area contributed by atoms with Crippen molar-refractivity contribution < 1.29 is 4.39 Å². The van der Waals surface area contributed by atoms with Crippen molar-refractivity contribution in [1.29, 1.82) is 0 Å². The van der Waals surface area contributed by atoms with Crippen LogP contribution in [0, 0.1) is 11.8 Å². The van der Waals surface area contributed by atoms with Crippen LogP contribution in [0.4, 0.5) is 4.39 Å². The van der Waals surface area contributed by atoms with Crippen LogP contribution in [-0.4, -0.2) is 0 Å².